The lowest BCUT2D eigenvalue weighted by Crippen LogP contribution is -2.37. The van der Waals surface area contributed by atoms with Gasteiger partial charge in [0, 0.05) is 30.3 Å². The third-order valence-corrected chi connectivity index (χ3v) is 6.73. The van der Waals surface area contributed by atoms with Gasteiger partial charge in [0.15, 0.2) is 0 Å². The normalized spacial score (nSPS) is 14.5. The Kier molecular flexibility index (Phi) is 8.51. The van der Waals surface area contributed by atoms with Crippen LogP contribution in [0.15, 0.2) is 73.1 Å². The zero-order valence-corrected chi connectivity index (χ0v) is 19.9. The van der Waals surface area contributed by atoms with E-state index < -0.39 is 0 Å². The molecule has 0 aliphatic heterocycles. The van der Waals surface area contributed by atoms with Gasteiger partial charge in [0.2, 0.25) is 0 Å². The predicted octanol–water partition coefficient (Wildman–Crippen LogP) is 7.79. The van der Waals surface area contributed by atoms with Crippen LogP contribution < -0.4 is 0 Å². The molecule has 166 valence electrons. The van der Waals surface area contributed by atoms with Gasteiger partial charge in [-0.25, -0.2) is 4.98 Å². The summed E-state index contributed by atoms with van der Waals surface area (Å²) >= 11 is 0. The smallest absolute Gasteiger partial charge is 0.112 e. The quantitative estimate of drug-likeness (QED) is 0.275. The molecule has 0 spiro atoms. The van der Waals surface area contributed by atoms with Gasteiger partial charge in [-0.2, -0.15) is 0 Å². The maximum Gasteiger partial charge on any atom is 0.112 e. The molecule has 1 aromatic heterocycles. The molecule has 2 nitrogen and oxygen atoms in total. The van der Waals surface area contributed by atoms with Crippen LogP contribution in [0.25, 0.3) is 0 Å². The highest BCUT2D eigenvalue weighted by atomic mass is 15.1. The Balaban J connectivity index is 1.95. The summed E-state index contributed by atoms with van der Waals surface area (Å²) in [4.78, 5) is 4.95. The van der Waals surface area contributed by atoms with Crippen molar-refractivity contribution in [1.29, 1.82) is 0 Å². The Morgan fingerprint density at radius 1 is 0.871 bits per heavy atom. The predicted molar refractivity (Wildman–Crippen MR) is 133 cm³/mol. The lowest BCUT2D eigenvalue weighted by atomic mass is 9.64. The van der Waals surface area contributed by atoms with Gasteiger partial charge in [-0.15, -0.1) is 0 Å². The van der Waals surface area contributed by atoms with Crippen molar-refractivity contribution in [3.63, 3.8) is 0 Å². The molecule has 3 aromatic rings. The summed E-state index contributed by atoms with van der Waals surface area (Å²) in [5.41, 5.74) is 2.74. The monoisotopic (exact) mass is 416 g/mol. The van der Waals surface area contributed by atoms with Crippen LogP contribution in [0, 0.1) is 5.92 Å². The third-order valence-electron chi connectivity index (χ3n) is 6.73. The second-order valence-electron chi connectivity index (χ2n) is 9.56. The topological polar surface area (TPSA) is 17.8 Å². The standard InChI is InChI=1S/C29H40N2/c1-5-6-7-8-15-21-31-22-20-30-28(31)27(24(2)3)29(4,26-18-13-10-14-19-26)23-25-16-11-9-12-17-25/h9-14,16-20,22,24,27H,5-8,15,21,23H2,1-4H3. The summed E-state index contributed by atoms with van der Waals surface area (Å²) in [5, 5.41) is 0. The number of benzene rings is 2. The molecule has 0 saturated carbocycles. The SMILES string of the molecule is CCCCCCCn1ccnc1C(C(C)C)C(C)(Cc1ccccc1)c1ccccc1. The van der Waals surface area contributed by atoms with Crippen molar-refractivity contribution >= 4 is 0 Å². The molecule has 0 amide bonds. The molecular formula is C29H40N2. The second kappa shape index (κ2) is 11.3. The molecule has 1 heterocycles. The highest BCUT2D eigenvalue weighted by Gasteiger charge is 2.41. The van der Waals surface area contributed by atoms with Gasteiger partial charge < -0.3 is 4.57 Å². The van der Waals surface area contributed by atoms with E-state index in [0.29, 0.717) is 11.8 Å². The molecule has 0 saturated heterocycles. The third kappa shape index (κ3) is 5.87. The van der Waals surface area contributed by atoms with Gasteiger partial charge >= 0.3 is 0 Å². The van der Waals surface area contributed by atoms with Crippen LogP contribution >= 0.6 is 0 Å². The number of hydrogen-bond donors (Lipinski definition) is 0. The van der Waals surface area contributed by atoms with E-state index in [1.165, 1.54) is 49.1 Å². The van der Waals surface area contributed by atoms with Crippen LogP contribution in [0.2, 0.25) is 0 Å². The van der Waals surface area contributed by atoms with E-state index in [9.17, 15) is 0 Å². The number of aromatic nitrogens is 2. The summed E-state index contributed by atoms with van der Waals surface area (Å²) < 4.78 is 2.43. The maximum atomic E-state index is 4.95. The fraction of sp³-hybridized carbons (Fsp3) is 0.483. The fourth-order valence-corrected chi connectivity index (χ4v) is 5.22. The molecule has 2 unspecified atom stereocenters. The lowest BCUT2D eigenvalue weighted by Gasteiger charge is -2.41. The Morgan fingerprint density at radius 2 is 1.52 bits per heavy atom. The molecular weight excluding hydrogens is 376 g/mol. The number of aryl methyl sites for hydroxylation is 1. The summed E-state index contributed by atoms with van der Waals surface area (Å²) in [7, 11) is 0. The van der Waals surface area contributed by atoms with E-state index in [1.54, 1.807) is 0 Å². The van der Waals surface area contributed by atoms with Crippen molar-refractivity contribution < 1.29 is 0 Å². The van der Waals surface area contributed by atoms with Crippen LogP contribution in [0.5, 0.6) is 0 Å². The number of hydrogen-bond acceptors (Lipinski definition) is 1. The molecule has 2 atom stereocenters. The number of imidazole rings is 1. The van der Waals surface area contributed by atoms with E-state index >= 15 is 0 Å². The van der Waals surface area contributed by atoms with Crippen LogP contribution in [0.3, 0.4) is 0 Å². The minimum Gasteiger partial charge on any atom is -0.335 e. The van der Waals surface area contributed by atoms with Gasteiger partial charge in [0.05, 0.1) is 0 Å². The van der Waals surface area contributed by atoms with Crippen LogP contribution in [0.1, 0.15) is 82.7 Å². The number of nitrogens with zero attached hydrogens (tertiary/aromatic N) is 2. The number of rotatable bonds is 12. The first kappa shape index (κ1) is 23.3. The zero-order valence-electron chi connectivity index (χ0n) is 19.9. The van der Waals surface area contributed by atoms with E-state index in [2.05, 4.69) is 99.1 Å². The Bertz CT molecular complexity index is 881. The molecule has 0 aliphatic rings. The van der Waals surface area contributed by atoms with Crippen molar-refractivity contribution in [1.82, 2.24) is 9.55 Å². The Morgan fingerprint density at radius 3 is 2.16 bits per heavy atom. The van der Waals surface area contributed by atoms with E-state index in [1.807, 2.05) is 6.20 Å². The number of unbranched alkanes of at least 4 members (excludes halogenated alkanes) is 4. The van der Waals surface area contributed by atoms with Gasteiger partial charge in [-0.05, 0) is 29.9 Å². The molecule has 31 heavy (non-hydrogen) atoms. The second-order valence-corrected chi connectivity index (χ2v) is 9.56. The molecule has 0 aliphatic carbocycles. The molecule has 0 radical (unpaired) electrons. The summed E-state index contributed by atoms with van der Waals surface area (Å²) in [6.45, 7) is 10.5. The van der Waals surface area contributed by atoms with E-state index in [-0.39, 0.29) is 5.41 Å². The first-order chi connectivity index (χ1) is 15.1. The van der Waals surface area contributed by atoms with Crippen molar-refractivity contribution in [2.24, 2.45) is 5.92 Å². The molecule has 2 heteroatoms. The highest BCUT2D eigenvalue weighted by Crippen LogP contribution is 2.45. The van der Waals surface area contributed by atoms with Gasteiger partial charge in [0.1, 0.15) is 5.82 Å². The van der Waals surface area contributed by atoms with E-state index in [0.717, 1.165) is 13.0 Å². The Hall–Kier alpha value is -2.35. The lowest BCUT2D eigenvalue weighted by molar-refractivity contribution is 0.281. The van der Waals surface area contributed by atoms with Crippen molar-refractivity contribution in [3.8, 4) is 0 Å². The largest absolute Gasteiger partial charge is 0.335 e. The first-order valence-electron chi connectivity index (χ1n) is 12.2. The highest BCUT2D eigenvalue weighted by molar-refractivity contribution is 5.33. The molecule has 0 N–H and O–H groups in total. The fourth-order valence-electron chi connectivity index (χ4n) is 5.22. The van der Waals surface area contributed by atoms with Crippen LogP contribution in [0.4, 0.5) is 0 Å². The molecule has 0 fully saturated rings. The van der Waals surface area contributed by atoms with Gasteiger partial charge in [-0.3, -0.25) is 0 Å². The van der Waals surface area contributed by atoms with Gasteiger partial charge in [-0.1, -0.05) is 114 Å². The van der Waals surface area contributed by atoms with Crippen molar-refractivity contribution in [3.05, 3.63) is 90.0 Å². The summed E-state index contributed by atoms with van der Waals surface area (Å²) in [6, 6.07) is 22.0. The average molecular weight is 417 g/mol. The molecule has 0 bridgehead atoms. The maximum absolute atomic E-state index is 4.95. The minimum atomic E-state index is -0.0396. The Labute approximate surface area is 189 Å². The average Bonchev–Trinajstić information content (AvgIpc) is 3.22. The summed E-state index contributed by atoms with van der Waals surface area (Å²) in [6.07, 6.45) is 11.7. The van der Waals surface area contributed by atoms with Gasteiger partial charge in [0.25, 0.3) is 0 Å². The molecule has 3 rings (SSSR count). The first-order valence-corrected chi connectivity index (χ1v) is 12.2. The van der Waals surface area contributed by atoms with Crippen molar-refractivity contribution in [2.45, 2.75) is 84.1 Å². The van der Waals surface area contributed by atoms with Crippen LogP contribution in [-0.2, 0) is 18.4 Å². The van der Waals surface area contributed by atoms with Crippen LogP contribution in [-0.4, -0.2) is 9.55 Å². The zero-order chi connectivity index (χ0) is 22.1. The summed E-state index contributed by atoms with van der Waals surface area (Å²) in [5.74, 6) is 2.06. The minimum absolute atomic E-state index is 0.0396. The van der Waals surface area contributed by atoms with E-state index in [4.69, 9.17) is 4.98 Å². The van der Waals surface area contributed by atoms with Crippen molar-refractivity contribution in [2.75, 3.05) is 0 Å². The molecule has 2 aromatic carbocycles.